The van der Waals surface area contributed by atoms with E-state index in [4.69, 9.17) is 4.42 Å². The van der Waals surface area contributed by atoms with Crippen molar-refractivity contribution < 1.29 is 9.52 Å². The maximum absolute atomic E-state index is 9.64. The monoisotopic (exact) mass is 259 g/mol. The van der Waals surface area contributed by atoms with E-state index in [0.29, 0.717) is 5.75 Å². The smallest absolute Gasteiger partial charge is 0.134 e. The summed E-state index contributed by atoms with van der Waals surface area (Å²) < 4.78 is 5.94. The first-order valence-corrected chi connectivity index (χ1v) is 7.23. The number of nitrogens with zero attached hydrogens (tertiary/aromatic N) is 1. The zero-order chi connectivity index (χ0) is 13.2. The molecule has 2 aromatic rings. The first-order valence-electron chi connectivity index (χ1n) is 7.23. The van der Waals surface area contributed by atoms with Gasteiger partial charge in [0.25, 0.3) is 0 Å². The predicted octanol–water partition coefficient (Wildman–Crippen LogP) is 3.34. The molecule has 19 heavy (non-hydrogen) atoms. The molecule has 1 aliphatic heterocycles. The highest BCUT2D eigenvalue weighted by Gasteiger charge is 2.19. The van der Waals surface area contributed by atoms with E-state index in [2.05, 4.69) is 11.8 Å². The van der Waals surface area contributed by atoms with Crippen molar-refractivity contribution in [2.45, 2.75) is 32.6 Å². The van der Waals surface area contributed by atoms with Crippen LogP contribution in [-0.4, -0.2) is 29.6 Å². The topological polar surface area (TPSA) is 36.6 Å². The highest BCUT2D eigenvalue weighted by atomic mass is 16.3. The lowest BCUT2D eigenvalue weighted by Gasteiger charge is -2.18. The average molecular weight is 259 g/mol. The maximum atomic E-state index is 9.64. The zero-order valence-electron chi connectivity index (χ0n) is 11.5. The van der Waals surface area contributed by atoms with Crippen LogP contribution in [0.15, 0.2) is 22.6 Å². The Hall–Kier alpha value is -1.48. The molecule has 0 unspecified atom stereocenters. The minimum absolute atomic E-state index is 0.322. The summed E-state index contributed by atoms with van der Waals surface area (Å²) in [5, 5.41) is 10.7. The fraction of sp³-hybridized carbons (Fsp3) is 0.500. The Morgan fingerprint density at radius 1 is 1.26 bits per heavy atom. The fourth-order valence-electron chi connectivity index (χ4n) is 2.91. The second-order valence-electron chi connectivity index (χ2n) is 5.38. The number of fused-ring (bicyclic) bond motifs is 3. The lowest BCUT2D eigenvalue weighted by molar-refractivity contribution is 0.279. The van der Waals surface area contributed by atoms with Crippen molar-refractivity contribution in [3.05, 3.63) is 29.5 Å². The van der Waals surface area contributed by atoms with Gasteiger partial charge < -0.3 is 14.4 Å². The van der Waals surface area contributed by atoms with Crippen LogP contribution < -0.4 is 0 Å². The lowest BCUT2D eigenvalue weighted by Crippen LogP contribution is -2.27. The van der Waals surface area contributed by atoms with Crippen LogP contribution in [0.25, 0.3) is 11.0 Å². The van der Waals surface area contributed by atoms with Gasteiger partial charge in [0.2, 0.25) is 0 Å². The summed E-state index contributed by atoms with van der Waals surface area (Å²) in [6.45, 7) is 5.60. The first-order chi connectivity index (χ1) is 9.28. The van der Waals surface area contributed by atoms with Gasteiger partial charge in [0, 0.05) is 30.5 Å². The Kier molecular flexibility index (Phi) is 3.47. The number of furan rings is 1. The highest BCUT2D eigenvalue weighted by Crippen LogP contribution is 2.31. The lowest BCUT2D eigenvalue weighted by atomic mass is 10.1. The Morgan fingerprint density at radius 3 is 2.95 bits per heavy atom. The number of rotatable bonds is 3. The molecule has 0 bridgehead atoms. The summed E-state index contributed by atoms with van der Waals surface area (Å²) in [6, 6.07) is 5.40. The number of benzene rings is 1. The number of hydrogen-bond acceptors (Lipinski definition) is 3. The summed E-state index contributed by atoms with van der Waals surface area (Å²) in [7, 11) is 0. The number of hydrogen-bond donors (Lipinski definition) is 1. The zero-order valence-corrected chi connectivity index (χ0v) is 11.5. The number of aromatic hydroxyl groups is 1. The molecular weight excluding hydrogens is 238 g/mol. The van der Waals surface area contributed by atoms with Crippen LogP contribution in [0.5, 0.6) is 5.75 Å². The summed E-state index contributed by atoms with van der Waals surface area (Å²) in [6.07, 6.45) is 4.52. The van der Waals surface area contributed by atoms with Crippen LogP contribution in [0, 0.1) is 0 Å². The minimum atomic E-state index is 0.322. The molecule has 3 heteroatoms. The van der Waals surface area contributed by atoms with E-state index in [1.54, 1.807) is 6.07 Å². The van der Waals surface area contributed by atoms with Crippen LogP contribution in [0.2, 0.25) is 0 Å². The third-order valence-corrected chi connectivity index (χ3v) is 4.02. The van der Waals surface area contributed by atoms with Crippen LogP contribution in [0.4, 0.5) is 0 Å². The molecule has 0 spiro atoms. The molecule has 0 radical (unpaired) electrons. The van der Waals surface area contributed by atoms with Gasteiger partial charge in [0.1, 0.15) is 17.1 Å². The summed E-state index contributed by atoms with van der Waals surface area (Å²) in [5.74, 6) is 1.43. The van der Waals surface area contributed by atoms with E-state index in [9.17, 15) is 5.11 Å². The summed E-state index contributed by atoms with van der Waals surface area (Å²) in [5.41, 5.74) is 2.20. The van der Waals surface area contributed by atoms with Crippen LogP contribution >= 0.6 is 0 Å². The molecule has 1 N–H and O–H groups in total. The van der Waals surface area contributed by atoms with E-state index in [1.165, 1.54) is 24.9 Å². The van der Waals surface area contributed by atoms with E-state index in [0.717, 1.165) is 42.7 Å². The van der Waals surface area contributed by atoms with Crippen LogP contribution in [-0.2, 0) is 12.8 Å². The normalized spacial score (nSPS) is 16.5. The fourth-order valence-corrected chi connectivity index (χ4v) is 2.91. The van der Waals surface area contributed by atoms with Crippen LogP contribution in [0.3, 0.4) is 0 Å². The summed E-state index contributed by atoms with van der Waals surface area (Å²) >= 11 is 0. The van der Waals surface area contributed by atoms with Crippen LogP contribution in [0.1, 0.15) is 31.1 Å². The van der Waals surface area contributed by atoms with Gasteiger partial charge in [0.15, 0.2) is 0 Å². The molecule has 0 saturated heterocycles. The second kappa shape index (κ2) is 5.25. The van der Waals surface area contributed by atoms with Crippen molar-refractivity contribution >= 4 is 11.0 Å². The first kappa shape index (κ1) is 12.5. The van der Waals surface area contributed by atoms with Gasteiger partial charge in [-0.15, -0.1) is 0 Å². The van der Waals surface area contributed by atoms with Gasteiger partial charge >= 0.3 is 0 Å². The predicted molar refractivity (Wildman–Crippen MR) is 76.6 cm³/mol. The van der Waals surface area contributed by atoms with Gasteiger partial charge in [-0.25, -0.2) is 0 Å². The molecule has 0 atom stereocenters. The Labute approximate surface area is 113 Å². The molecule has 3 nitrogen and oxygen atoms in total. The Morgan fingerprint density at radius 2 is 2.11 bits per heavy atom. The largest absolute Gasteiger partial charge is 0.508 e. The number of phenols is 1. The quantitative estimate of drug-likeness (QED) is 0.918. The molecule has 1 aliphatic rings. The van der Waals surface area contributed by atoms with Crippen molar-refractivity contribution in [1.82, 2.24) is 4.90 Å². The Balaban J connectivity index is 1.85. The molecule has 0 aliphatic carbocycles. The molecule has 0 amide bonds. The molecule has 3 rings (SSSR count). The van der Waals surface area contributed by atoms with Crippen molar-refractivity contribution in [2.24, 2.45) is 0 Å². The molecule has 2 heterocycles. The molecular formula is C16H21NO2. The third-order valence-electron chi connectivity index (χ3n) is 4.02. The minimum Gasteiger partial charge on any atom is -0.508 e. The molecule has 0 saturated carbocycles. The summed E-state index contributed by atoms with van der Waals surface area (Å²) in [4.78, 5) is 2.52. The Bertz CT molecular complexity index is 573. The van der Waals surface area contributed by atoms with Gasteiger partial charge in [-0.3, -0.25) is 0 Å². The molecule has 1 aromatic heterocycles. The second-order valence-corrected chi connectivity index (χ2v) is 5.38. The van der Waals surface area contributed by atoms with Gasteiger partial charge in [-0.05, 0) is 37.6 Å². The molecule has 0 fully saturated rings. The number of unbranched alkanes of at least 4 members (excludes halogenated alkanes) is 1. The van der Waals surface area contributed by atoms with Crippen molar-refractivity contribution in [3.63, 3.8) is 0 Å². The van der Waals surface area contributed by atoms with Crippen molar-refractivity contribution in [1.29, 1.82) is 0 Å². The standard InChI is InChI=1S/C16H21NO2/c1-2-3-8-17-9-6-13-14-11-12(18)4-5-15(14)19-16(13)7-10-17/h4-5,11,18H,2-3,6-10H2,1H3. The van der Waals surface area contributed by atoms with Crippen molar-refractivity contribution in [3.8, 4) is 5.75 Å². The van der Waals surface area contributed by atoms with E-state index in [-0.39, 0.29) is 0 Å². The highest BCUT2D eigenvalue weighted by molar-refractivity contribution is 5.83. The van der Waals surface area contributed by atoms with Gasteiger partial charge in [0.05, 0.1) is 0 Å². The molecule has 1 aromatic carbocycles. The van der Waals surface area contributed by atoms with Gasteiger partial charge in [-0.2, -0.15) is 0 Å². The van der Waals surface area contributed by atoms with Gasteiger partial charge in [-0.1, -0.05) is 13.3 Å². The average Bonchev–Trinajstić information content (AvgIpc) is 2.62. The van der Waals surface area contributed by atoms with Crippen molar-refractivity contribution in [2.75, 3.05) is 19.6 Å². The molecule has 102 valence electrons. The van der Waals surface area contributed by atoms with E-state index in [1.807, 2.05) is 12.1 Å². The maximum Gasteiger partial charge on any atom is 0.134 e. The number of phenolic OH excluding ortho intramolecular Hbond substituents is 1. The van der Waals surface area contributed by atoms with E-state index < -0.39 is 0 Å². The third kappa shape index (κ3) is 2.47. The SMILES string of the molecule is CCCCN1CCc2oc3ccc(O)cc3c2CC1. The van der Waals surface area contributed by atoms with E-state index >= 15 is 0 Å².